The number of nitrogens with two attached hydrogens (primary N) is 1. The Morgan fingerprint density at radius 3 is 2.50 bits per heavy atom. The van der Waals surface area contributed by atoms with Crippen molar-refractivity contribution in [1.29, 1.82) is 0 Å². The van der Waals surface area contributed by atoms with Gasteiger partial charge in [0.15, 0.2) is 0 Å². The summed E-state index contributed by atoms with van der Waals surface area (Å²) in [4.78, 5) is 13.9. The van der Waals surface area contributed by atoms with E-state index in [1.54, 1.807) is 0 Å². The average molecular weight is 249 g/mol. The summed E-state index contributed by atoms with van der Waals surface area (Å²) < 4.78 is 0. The lowest BCUT2D eigenvalue weighted by Gasteiger charge is -2.19. The minimum Gasteiger partial charge on any atom is -0.342 e. The topological polar surface area (TPSA) is 46.3 Å². The molecule has 3 nitrogen and oxygen atoms in total. The van der Waals surface area contributed by atoms with E-state index < -0.39 is 0 Å². The fourth-order valence-corrected chi connectivity index (χ4v) is 2.20. The van der Waals surface area contributed by atoms with Crippen LogP contribution in [-0.4, -0.2) is 30.4 Å². The lowest BCUT2D eigenvalue weighted by molar-refractivity contribution is -0.131. The fraction of sp³-hybridized carbons (Fsp3) is 0.917. The van der Waals surface area contributed by atoms with E-state index in [1.807, 2.05) is 4.90 Å². The third kappa shape index (κ3) is 4.30. The molecule has 0 radical (unpaired) electrons. The van der Waals surface area contributed by atoms with Crippen molar-refractivity contribution in [3.05, 3.63) is 0 Å². The number of halogens is 1. The first-order valence-electron chi connectivity index (χ1n) is 6.19. The standard InChI is InChI=1S/C12H24N2O.ClH/c1-3-10(4-2)7-12(15)14-6-5-11(8-13)9-14;/h10-11H,3-9,13H2,1-2H3;1H. The van der Waals surface area contributed by atoms with Gasteiger partial charge in [0.1, 0.15) is 0 Å². The lowest BCUT2D eigenvalue weighted by Crippen LogP contribution is -2.31. The summed E-state index contributed by atoms with van der Waals surface area (Å²) in [7, 11) is 0. The molecule has 1 rings (SSSR count). The van der Waals surface area contributed by atoms with E-state index >= 15 is 0 Å². The molecule has 0 aromatic heterocycles. The second kappa shape index (κ2) is 7.91. The van der Waals surface area contributed by atoms with Crippen LogP contribution in [0.3, 0.4) is 0 Å². The molecular weight excluding hydrogens is 224 g/mol. The SMILES string of the molecule is CCC(CC)CC(=O)N1CCC(CN)C1.Cl. The maximum absolute atomic E-state index is 11.9. The summed E-state index contributed by atoms with van der Waals surface area (Å²) in [5.74, 6) is 1.43. The molecule has 1 aliphatic rings. The predicted octanol–water partition coefficient (Wildman–Crippen LogP) is 2.04. The third-order valence-corrected chi connectivity index (χ3v) is 3.59. The van der Waals surface area contributed by atoms with Crippen LogP contribution in [0, 0.1) is 11.8 Å². The minimum absolute atomic E-state index is 0. The van der Waals surface area contributed by atoms with Crippen molar-refractivity contribution in [1.82, 2.24) is 4.90 Å². The lowest BCUT2D eigenvalue weighted by atomic mass is 9.99. The second-order valence-corrected chi connectivity index (χ2v) is 4.62. The molecule has 0 spiro atoms. The summed E-state index contributed by atoms with van der Waals surface area (Å²) in [5, 5.41) is 0. The number of rotatable bonds is 5. The minimum atomic E-state index is 0. The van der Waals surface area contributed by atoms with Gasteiger partial charge in [0.25, 0.3) is 0 Å². The average Bonchev–Trinajstić information content (AvgIpc) is 2.74. The van der Waals surface area contributed by atoms with Crippen LogP contribution in [-0.2, 0) is 4.79 Å². The number of amides is 1. The molecule has 1 heterocycles. The predicted molar refractivity (Wildman–Crippen MR) is 69.7 cm³/mol. The summed E-state index contributed by atoms with van der Waals surface area (Å²) in [6.07, 6.45) is 4.03. The molecule has 16 heavy (non-hydrogen) atoms. The Hall–Kier alpha value is -0.280. The van der Waals surface area contributed by atoms with E-state index in [0.717, 1.165) is 45.3 Å². The van der Waals surface area contributed by atoms with Gasteiger partial charge in [0.05, 0.1) is 0 Å². The Balaban J connectivity index is 0.00000225. The van der Waals surface area contributed by atoms with Crippen molar-refractivity contribution in [2.75, 3.05) is 19.6 Å². The molecule has 96 valence electrons. The highest BCUT2D eigenvalue weighted by molar-refractivity contribution is 5.85. The van der Waals surface area contributed by atoms with E-state index in [0.29, 0.717) is 17.7 Å². The molecule has 1 amide bonds. The zero-order valence-electron chi connectivity index (χ0n) is 10.4. The highest BCUT2D eigenvalue weighted by atomic mass is 35.5. The van der Waals surface area contributed by atoms with Crippen molar-refractivity contribution >= 4 is 18.3 Å². The van der Waals surface area contributed by atoms with E-state index in [-0.39, 0.29) is 12.4 Å². The summed E-state index contributed by atoms with van der Waals surface area (Å²) in [6, 6.07) is 0. The smallest absolute Gasteiger partial charge is 0.222 e. The van der Waals surface area contributed by atoms with Gasteiger partial charge in [-0.15, -0.1) is 12.4 Å². The Morgan fingerprint density at radius 2 is 2.06 bits per heavy atom. The Morgan fingerprint density at radius 1 is 1.44 bits per heavy atom. The molecule has 1 aliphatic heterocycles. The molecule has 1 unspecified atom stereocenters. The van der Waals surface area contributed by atoms with Gasteiger partial charge in [-0.3, -0.25) is 4.79 Å². The van der Waals surface area contributed by atoms with Crippen LogP contribution < -0.4 is 5.73 Å². The zero-order valence-corrected chi connectivity index (χ0v) is 11.3. The number of likely N-dealkylation sites (tertiary alicyclic amines) is 1. The third-order valence-electron chi connectivity index (χ3n) is 3.59. The van der Waals surface area contributed by atoms with Crippen LogP contribution in [0.25, 0.3) is 0 Å². The number of hydrogen-bond donors (Lipinski definition) is 1. The molecule has 0 aromatic carbocycles. The molecule has 1 fully saturated rings. The van der Waals surface area contributed by atoms with E-state index in [4.69, 9.17) is 5.73 Å². The van der Waals surface area contributed by atoms with Crippen LogP contribution in [0.4, 0.5) is 0 Å². The van der Waals surface area contributed by atoms with Crippen LogP contribution in [0.5, 0.6) is 0 Å². The Kier molecular flexibility index (Phi) is 7.77. The molecule has 0 saturated carbocycles. The van der Waals surface area contributed by atoms with Gasteiger partial charge in [0.2, 0.25) is 5.91 Å². The maximum atomic E-state index is 11.9. The monoisotopic (exact) mass is 248 g/mol. The quantitative estimate of drug-likeness (QED) is 0.810. The molecule has 2 N–H and O–H groups in total. The van der Waals surface area contributed by atoms with E-state index in [1.165, 1.54) is 0 Å². The van der Waals surface area contributed by atoms with Crippen LogP contribution in [0.15, 0.2) is 0 Å². The van der Waals surface area contributed by atoms with Crippen molar-refractivity contribution in [2.24, 2.45) is 17.6 Å². The molecule has 1 atom stereocenters. The first kappa shape index (κ1) is 15.7. The highest BCUT2D eigenvalue weighted by Crippen LogP contribution is 2.19. The van der Waals surface area contributed by atoms with Gasteiger partial charge in [-0.2, -0.15) is 0 Å². The molecule has 1 saturated heterocycles. The van der Waals surface area contributed by atoms with Crippen LogP contribution in [0.1, 0.15) is 39.5 Å². The normalized spacial score (nSPS) is 20.0. The van der Waals surface area contributed by atoms with Gasteiger partial charge < -0.3 is 10.6 Å². The number of hydrogen-bond acceptors (Lipinski definition) is 2. The van der Waals surface area contributed by atoms with Crippen molar-refractivity contribution in [2.45, 2.75) is 39.5 Å². The van der Waals surface area contributed by atoms with Crippen molar-refractivity contribution in [3.8, 4) is 0 Å². The molecule has 0 aliphatic carbocycles. The maximum Gasteiger partial charge on any atom is 0.222 e. The van der Waals surface area contributed by atoms with Gasteiger partial charge in [-0.05, 0) is 24.8 Å². The first-order valence-corrected chi connectivity index (χ1v) is 6.19. The molecule has 0 aromatic rings. The summed E-state index contributed by atoms with van der Waals surface area (Å²) >= 11 is 0. The summed E-state index contributed by atoms with van der Waals surface area (Å²) in [6.45, 7) is 6.84. The van der Waals surface area contributed by atoms with Crippen molar-refractivity contribution < 1.29 is 4.79 Å². The van der Waals surface area contributed by atoms with Gasteiger partial charge in [-0.1, -0.05) is 26.7 Å². The first-order chi connectivity index (χ1) is 7.21. The summed E-state index contributed by atoms with van der Waals surface area (Å²) in [5.41, 5.74) is 5.61. The number of nitrogens with zero attached hydrogens (tertiary/aromatic N) is 1. The van der Waals surface area contributed by atoms with Crippen LogP contribution in [0.2, 0.25) is 0 Å². The highest BCUT2D eigenvalue weighted by Gasteiger charge is 2.25. The Bertz CT molecular complexity index is 207. The van der Waals surface area contributed by atoms with Gasteiger partial charge in [0, 0.05) is 19.5 Å². The Labute approximate surface area is 105 Å². The molecule has 0 bridgehead atoms. The van der Waals surface area contributed by atoms with Gasteiger partial charge in [-0.25, -0.2) is 0 Å². The van der Waals surface area contributed by atoms with E-state index in [2.05, 4.69) is 13.8 Å². The van der Waals surface area contributed by atoms with Crippen LogP contribution >= 0.6 is 12.4 Å². The second-order valence-electron chi connectivity index (χ2n) is 4.62. The van der Waals surface area contributed by atoms with E-state index in [9.17, 15) is 4.79 Å². The molecule has 4 heteroatoms. The van der Waals surface area contributed by atoms with Crippen molar-refractivity contribution in [3.63, 3.8) is 0 Å². The zero-order chi connectivity index (χ0) is 11.3. The fourth-order valence-electron chi connectivity index (χ4n) is 2.20. The number of carbonyl (C=O) groups excluding carboxylic acids is 1. The van der Waals surface area contributed by atoms with Gasteiger partial charge >= 0.3 is 0 Å². The number of carbonyl (C=O) groups is 1. The molecular formula is C12H25ClN2O. The largest absolute Gasteiger partial charge is 0.342 e.